The lowest BCUT2D eigenvalue weighted by Gasteiger charge is -2.26. The Balaban J connectivity index is 1.56. The molecule has 1 fully saturated rings. The predicted molar refractivity (Wildman–Crippen MR) is 153 cm³/mol. The number of nitrogens with one attached hydrogen (secondary N) is 3. The number of hydrogen-bond acceptors (Lipinski definition) is 8. The lowest BCUT2D eigenvalue weighted by molar-refractivity contribution is -0.133. The van der Waals surface area contributed by atoms with E-state index in [1.54, 1.807) is 38.2 Å². The minimum absolute atomic E-state index is 0.0238. The summed E-state index contributed by atoms with van der Waals surface area (Å²) in [5.74, 6) is -1.33. The van der Waals surface area contributed by atoms with E-state index >= 15 is 0 Å². The van der Waals surface area contributed by atoms with Gasteiger partial charge in [-0.25, -0.2) is 0 Å². The maximum Gasteiger partial charge on any atom is 0.274 e. The Morgan fingerprint density at radius 2 is 1.55 bits per heavy atom. The van der Waals surface area contributed by atoms with Crippen LogP contribution in [-0.4, -0.2) is 64.0 Å². The summed E-state index contributed by atoms with van der Waals surface area (Å²) < 4.78 is 10.4. The van der Waals surface area contributed by atoms with Crippen molar-refractivity contribution in [2.45, 2.75) is 70.7 Å². The molecule has 0 radical (unpaired) electrons. The standard InChI is InChI=1S/C31H37N5O6/c1-19(2)14-23(27(37)31(4)18-41-31)33-28(38)24(16-21-10-6-5-7-11-21)34-29(39)25(17-22-12-8-9-13-32-22)35-30(40)26-15-20(3)42-36-26/h5-13,15,19,23-25H,14,16-18H2,1-4H3,(H,33,38)(H,34,39)(H,35,40)/t23-,24-,25-,31+/m0/s1. The van der Waals surface area contributed by atoms with Crippen molar-refractivity contribution in [3.63, 3.8) is 0 Å². The summed E-state index contributed by atoms with van der Waals surface area (Å²) in [6.45, 7) is 7.60. The summed E-state index contributed by atoms with van der Waals surface area (Å²) in [4.78, 5) is 57.8. The van der Waals surface area contributed by atoms with E-state index in [4.69, 9.17) is 9.26 Å². The monoisotopic (exact) mass is 575 g/mol. The Bertz CT molecular complexity index is 1390. The molecule has 222 valence electrons. The zero-order valence-electron chi connectivity index (χ0n) is 24.3. The molecule has 0 bridgehead atoms. The van der Waals surface area contributed by atoms with Crippen molar-refractivity contribution in [2.24, 2.45) is 5.92 Å². The van der Waals surface area contributed by atoms with Gasteiger partial charge >= 0.3 is 0 Å². The molecule has 3 aromatic rings. The summed E-state index contributed by atoms with van der Waals surface area (Å²) in [5, 5.41) is 12.1. The number of amides is 3. The topological polar surface area (TPSA) is 156 Å². The highest BCUT2D eigenvalue weighted by molar-refractivity contribution is 5.99. The highest BCUT2D eigenvalue weighted by atomic mass is 16.6. The van der Waals surface area contributed by atoms with E-state index in [-0.39, 0.29) is 30.2 Å². The van der Waals surface area contributed by atoms with Gasteiger partial charge < -0.3 is 25.2 Å². The summed E-state index contributed by atoms with van der Waals surface area (Å²) in [6, 6.07) is 13.1. The average molecular weight is 576 g/mol. The molecule has 1 aliphatic heterocycles. The first-order chi connectivity index (χ1) is 20.0. The Labute approximate surface area is 244 Å². The lowest BCUT2D eigenvalue weighted by Crippen LogP contribution is -2.57. The van der Waals surface area contributed by atoms with Crippen LogP contribution in [-0.2, 0) is 32.0 Å². The van der Waals surface area contributed by atoms with Gasteiger partial charge in [-0.15, -0.1) is 0 Å². The molecule has 1 aliphatic rings. The lowest BCUT2D eigenvalue weighted by atomic mass is 9.93. The van der Waals surface area contributed by atoms with Crippen molar-refractivity contribution in [2.75, 3.05) is 6.61 Å². The number of epoxide rings is 1. The van der Waals surface area contributed by atoms with Crippen molar-refractivity contribution in [3.05, 3.63) is 83.5 Å². The number of ether oxygens (including phenoxy) is 1. The van der Waals surface area contributed by atoms with Crippen LogP contribution in [0.2, 0.25) is 0 Å². The van der Waals surface area contributed by atoms with Gasteiger partial charge in [-0.05, 0) is 43.9 Å². The van der Waals surface area contributed by atoms with Crippen LogP contribution in [0.4, 0.5) is 0 Å². The van der Waals surface area contributed by atoms with E-state index in [1.165, 1.54) is 6.07 Å². The zero-order valence-corrected chi connectivity index (χ0v) is 24.3. The highest BCUT2D eigenvalue weighted by Gasteiger charge is 2.50. The summed E-state index contributed by atoms with van der Waals surface area (Å²) in [7, 11) is 0. The second kappa shape index (κ2) is 13.5. The van der Waals surface area contributed by atoms with Crippen molar-refractivity contribution >= 4 is 23.5 Å². The summed E-state index contributed by atoms with van der Waals surface area (Å²) in [5.41, 5.74) is 0.489. The molecule has 0 unspecified atom stereocenters. The van der Waals surface area contributed by atoms with E-state index in [0.29, 0.717) is 24.5 Å². The Morgan fingerprint density at radius 3 is 2.12 bits per heavy atom. The first-order valence-electron chi connectivity index (χ1n) is 14.0. The maximum absolute atomic E-state index is 13.7. The van der Waals surface area contributed by atoms with Crippen LogP contribution in [0.15, 0.2) is 65.3 Å². The van der Waals surface area contributed by atoms with Crippen molar-refractivity contribution in [1.29, 1.82) is 0 Å². The molecule has 2 aromatic heterocycles. The molecule has 0 aliphatic carbocycles. The van der Waals surface area contributed by atoms with Gasteiger partial charge in [-0.1, -0.05) is 55.4 Å². The van der Waals surface area contributed by atoms with Crippen LogP contribution in [0.25, 0.3) is 0 Å². The van der Waals surface area contributed by atoms with Gasteiger partial charge in [-0.3, -0.25) is 24.2 Å². The molecule has 0 saturated carbocycles. The number of rotatable bonds is 14. The van der Waals surface area contributed by atoms with Crippen LogP contribution in [0.1, 0.15) is 54.7 Å². The number of nitrogens with zero attached hydrogens (tertiary/aromatic N) is 2. The van der Waals surface area contributed by atoms with Crippen LogP contribution in [0.3, 0.4) is 0 Å². The largest absolute Gasteiger partial charge is 0.361 e. The second-order valence-electron chi connectivity index (χ2n) is 11.2. The van der Waals surface area contributed by atoms with E-state index < -0.39 is 41.4 Å². The smallest absolute Gasteiger partial charge is 0.274 e. The molecule has 0 spiro atoms. The minimum Gasteiger partial charge on any atom is -0.361 e. The number of ketones is 1. The van der Waals surface area contributed by atoms with Gasteiger partial charge in [0.1, 0.15) is 23.4 Å². The fraction of sp³-hybridized carbons (Fsp3) is 0.419. The van der Waals surface area contributed by atoms with Crippen LogP contribution in [0.5, 0.6) is 0 Å². The van der Waals surface area contributed by atoms with Crippen LogP contribution < -0.4 is 16.0 Å². The number of pyridine rings is 1. The SMILES string of the molecule is Cc1cc(C(=O)N[C@@H](Cc2ccccn2)C(=O)N[C@@H](Cc2ccccc2)C(=O)N[C@@H](CC(C)C)C(=O)[C@@]2(C)CO2)no1. The number of carbonyl (C=O) groups is 4. The number of carbonyl (C=O) groups excluding carboxylic acids is 4. The molecule has 4 atom stereocenters. The molecule has 42 heavy (non-hydrogen) atoms. The van der Waals surface area contributed by atoms with Crippen molar-refractivity contribution in [3.8, 4) is 0 Å². The maximum atomic E-state index is 13.7. The van der Waals surface area contributed by atoms with Gasteiger partial charge in [0.15, 0.2) is 11.5 Å². The molecule has 1 saturated heterocycles. The molecule has 3 heterocycles. The molecule has 1 aromatic carbocycles. The third-order valence-corrected chi connectivity index (χ3v) is 6.98. The molecular weight excluding hydrogens is 538 g/mol. The molecular formula is C31H37N5O6. The minimum atomic E-state index is -1.08. The second-order valence-corrected chi connectivity index (χ2v) is 11.2. The summed E-state index contributed by atoms with van der Waals surface area (Å²) >= 11 is 0. The quantitative estimate of drug-likeness (QED) is 0.247. The number of aryl methyl sites for hydroxylation is 1. The van der Waals surface area contributed by atoms with Gasteiger partial charge in [-0.2, -0.15) is 0 Å². The summed E-state index contributed by atoms with van der Waals surface area (Å²) in [6.07, 6.45) is 2.25. The Kier molecular flexibility index (Phi) is 9.84. The molecule has 11 heteroatoms. The van der Waals surface area contributed by atoms with Gasteiger partial charge in [0.25, 0.3) is 5.91 Å². The zero-order chi connectivity index (χ0) is 30.3. The highest BCUT2D eigenvalue weighted by Crippen LogP contribution is 2.29. The van der Waals surface area contributed by atoms with Crippen LogP contribution in [0, 0.1) is 12.8 Å². The average Bonchev–Trinajstić information content (AvgIpc) is 3.57. The van der Waals surface area contributed by atoms with E-state index in [9.17, 15) is 19.2 Å². The van der Waals surface area contributed by atoms with Gasteiger partial charge in [0.05, 0.1) is 12.6 Å². The fourth-order valence-corrected chi connectivity index (χ4v) is 4.57. The Hall–Kier alpha value is -4.38. The predicted octanol–water partition coefficient (Wildman–Crippen LogP) is 2.34. The van der Waals surface area contributed by atoms with Crippen LogP contribution >= 0.6 is 0 Å². The van der Waals surface area contributed by atoms with Crippen molar-refractivity contribution in [1.82, 2.24) is 26.1 Å². The van der Waals surface area contributed by atoms with Gasteiger partial charge in [0, 0.05) is 30.8 Å². The first kappa shape index (κ1) is 30.6. The number of aromatic nitrogens is 2. The number of hydrogen-bond donors (Lipinski definition) is 3. The number of benzene rings is 1. The Morgan fingerprint density at radius 1 is 0.905 bits per heavy atom. The molecule has 3 amide bonds. The van der Waals surface area contributed by atoms with E-state index in [0.717, 1.165) is 5.56 Å². The normalized spacial score (nSPS) is 18.0. The first-order valence-corrected chi connectivity index (χ1v) is 14.0. The van der Waals surface area contributed by atoms with E-state index in [2.05, 4.69) is 26.1 Å². The molecule has 11 nitrogen and oxygen atoms in total. The third kappa shape index (κ3) is 8.32. The molecule has 4 rings (SSSR count). The third-order valence-electron chi connectivity index (χ3n) is 6.98. The molecule has 3 N–H and O–H groups in total. The fourth-order valence-electron chi connectivity index (χ4n) is 4.57. The van der Waals surface area contributed by atoms with Gasteiger partial charge in [0.2, 0.25) is 11.8 Å². The van der Waals surface area contributed by atoms with Crippen molar-refractivity contribution < 1.29 is 28.4 Å². The van der Waals surface area contributed by atoms with E-state index in [1.807, 2.05) is 44.2 Å². The number of Topliss-reactive ketones (excluding diaryl/α,β-unsaturated/α-hetero) is 1.